The molecule has 1 N–H and O–H groups in total. The lowest BCUT2D eigenvalue weighted by Gasteiger charge is -2.15. The van der Waals surface area contributed by atoms with E-state index in [-0.39, 0.29) is 24.1 Å². The molecule has 0 saturated carbocycles. The molecule has 7 heteroatoms. The number of hydrogen-bond acceptors (Lipinski definition) is 4. The maximum atomic E-state index is 12.7. The van der Waals surface area contributed by atoms with Crippen molar-refractivity contribution < 1.29 is 9.53 Å². The number of carbonyl (C=O) groups is 1. The van der Waals surface area contributed by atoms with Gasteiger partial charge in [-0.1, -0.05) is 29.8 Å². The lowest BCUT2D eigenvalue weighted by molar-refractivity contribution is -0.122. The lowest BCUT2D eigenvalue weighted by atomic mass is 10.1. The number of fused-ring (bicyclic) bond motifs is 1. The van der Waals surface area contributed by atoms with Gasteiger partial charge < -0.3 is 10.1 Å². The first-order valence-corrected chi connectivity index (χ1v) is 8.44. The summed E-state index contributed by atoms with van der Waals surface area (Å²) in [5, 5.41) is 3.86. The Bertz CT molecular complexity index is 999. The van der Waals surface area contributed by atoms with Crippen molar-refractivity contribution in [3.05, 3.63) is 69.7 Å². The molecule has 134 valence electrons. The van der Waals surface area contributed by atoms with E-state index >= 15 is 0 Å². The van der Waals surface area contributed by atoms with Crippen LogP contribution in [0.25, 0.3) is 10.9 Å². The van der Waals surface area contributed by atoms with E-state index in [0.29, 0.717) is 21.7 Å². The van der Waals surface area contributed by atoms with E-state index in [1.807, 2.05) is 19.1 Å². The largest absolute Gasteiger partial charge is 0.496 e. The van der Waals surface area contributed by atoms with Crippen molar-refractivity contribution in [3.63, 3.8) is 0 Å². The van der Waals surface area contributed by atoms with Crippen LogP contribution >= 0.6 is 11.6 Å². The van der Waals surface area contributed by atoms with E-state index in [9.17, 15) is 9.59 Å². The summed E-state index contributed by atoms with van der Waals surface area (Å²) in [6.45, 7) is 1.74. The van der Waals surface area contributed by atoms with E-state index in [1.54, 1.807) is 30.3 Å². The zero-order chi connectivity index (χ0) is 18.7. The van der Waals surface area contributed by atoms with E-state index < -0.39 is 0 Å². The van der Waals surface area contributed by atoms with Gasteiger partial charge in [-0.25, -0.2) is 4.98 Å². The van der Waals surface area contributed by atoms with Gasteiger partial charge in [0.1, 0.15) is 17.7 Å². The molecule has 0 aliphatic carbocycles. The summed E-state index contributed by atoms with van der Waals surface area (Å²) in [5.41, 5.74) is 1.13. The number of ether oxygens (including phenoxy) is 1. The van der Waals surface area contributed by atoms with Crippen LogP contribution in [0.4, 0.5) is 0 Å². The van der Waals surface area contributed by atoms with E-state index in [4.69, 9.17) is 16.3 Å². The molecular formula is C19H18ClN3O3. The van der Waals surface area contributed by atoms with Crippen LogP contribution in [-0.4, -0.2) is 22.6 Å². The Balaban J connectivity index is 1.80. The second-order valence-corrected chi connectivity index (χ2v) is 6.31. The molecule has 1 atom stereocenters. The highest BCUT2D eigenvalue weighted by molar-refractivity contribution is 6.30. The second-order valence-electron chi connectivity index (χ2n) is 5.87. The van der Waals surface area contributed by atoms with Gasteiger partial charge in [0.15, 0.2) is 0 Å². The van der Waals surface area contributed by atoms with Crippen LogP contribution in [-0.2, 0) is 11.3 Å². The molecule has 3 rings (SSSR count). The summed E-state index contributed by atoms with van der Waals surface area (Å²) in [7, 11) is 1.49. The van der Waals surface area contributed by atoms with Gasteiger partial charge in [0.2, 0.25) is 5.91 Å². The van der Waals surface area contributed by atoms with Gasteiger partial charge in [0.25, 0.3) is 5.56 Å². The first kappa shape index (κ1) is 17.9. The zero-order valence-electron chi connectivity index (χ0n) is 14.4. The van der Waals surface area contributed by atoms with Gasteiger partial charge >= 0.3 is 0 Å². The predicted octanol–water partition coefficient (Wildman–Crippen LogP) is 2.94. The van der Waals surface area contributed by atoms with Crippen LogP contribution < -0.4 is 15.6 Å². The van der Waals surface area contributed by atoms with Crippen LogP contribution in [0.2, 0.25) is 5.02 Å². The van der Waals surface area contributed by atoms with Gasteiger partial charge in [-0.05, 0) is 36.8 Å². The van der Waals surface area contributed by atoms with E-state index in [2.05, 4.69) is 10.3 Å². The number of halogens is 1. The van der Waals surface area contributed by atoms with Crippen molar-refractivity contribution in [2.45, 2.75) is 19.5 Å². The third kappa shape index (κ3) is 3.70. The molecule has 0 bridgehead atoms. The average molecular weight is 372 g/mol. The molecule has 0 radical (unpaired) electrons. The van der Waals surface area contributed by atoms with Crippen LogP contribution in [0.15, 0.2) is 53.6 Å². The Kier molecular flexibility index (Phi) is 5.23. The van der Waals surface area contributed by atoms with Crippen molar-refractivity contribution >= 4 is 28.4 Å². The maximum absolute atomic E-state index is 12.7. The van der Waals surface area contributed by atoms with Crippen LogP contribution in [0, 0.1) is 0 Å². The Hall–Kier alpha value is -2.86. The quantitative estimate of drug-likeness (QED) is 0.748. The molecule has 0 fully saturated rings. The molecule has 0 aliphatic heterocycles. The molecule has 26 heavy (non-hydrogen) atoms. The number of benzene rings is 2. The zero-order valence-corrected chi connectivity index (χ0v) is 15.2. The number of hydrogen-bond donors (Lipinski definition) is 1. The molecule has 0 aliphatic rings. The molecule has 3 aromatic rings. The number of carbonyl (C=O) groups excluding carboxylic acids is 1. The summed E-state index contributed by atoms with van der Waals surface area (Å²) >= 11 is 5.88. The number of methoxy groups -OCH3 is 1. The molecule has 0 saturated heterocycles. The highest BCUT2D eigenvalue weighted by Gasteiger charge is 2.14. The Labute approximate surface area is 155 Å². The third-order valence-electron chi connectivity index (χ3n) is 4.10. The normalized spacial score (nSPS) is 12.0. The first-order valence-electron chi connectivity index (χ1n) is 8.06. The van der Waals surface area contributed by atoms with Gasteiger partial charge in [0.05, 0.1) is 25.0 Å². The van der Waals surface area contributed by atoms with Crippen molar-refractivity contribution in [2.75, 3.05) is 7.11 Å². The minimum Gasteiger partial charge on any atom is -0.496 e. The Morgan fingerprint density at radius 2 is 2.00 bits per heavy atom. The smallest absolute Gasteiger partial charge is 0.265 e. The van der Waals surface area contributed by atoms with Crippen LogP contribution in [0.1, 0.15) is 18.5 Å². The molecule has 6 nitrogen and oxygen atoms in total. The van der Waals surface area contributed by atoms with Gasteiger partial charge in [-0.2, -0.15) is 0 Å². The summed E-state index contributed by atoms with van der Waals surface area (Å²) in [6, 6.07) is 12.2. The van der Waals surface area contributed by atoms with Crippen molar-refractivity contribution in [1.82, 2.24) is 14.9 Å². The summed E-state index contributed by atoms with van der Waals surface area (Å²) in [6.07, 6.45) is 1.37. The average Bonchev–Trinajstić information content (AvgIpc) is 2.64. The molecular weight excluding hydrogens is 354 g/mol. The standard InChI is InChI=1S/C19H18ClN3O3/c1-12(13-6-8-14(20)9-7-13)22-17(24)10-23-11-21-15-4-3-5-16(26-2)18(15)19(23)25/h3-9,11-12H,10H2,1-2H3,(H,22,24)/t12-/m0/s1. The fraction of sp³-hybridized carbons (Fsp3) is 0.211. The number of aromatic nitrogens is 2. The highest BCUT2D eigenvalue weighted by Crippen LogP contribution is 2.20. The Morgan fingerprint density at radius 3 is 2.69 bits per heavy atom. The highest BCUT2D eigenvalue weighted by atomic mass is 35.5. The maximum Gasteiger partial charge on any atom is 0.265 e. The van der Waals surface area contributed by atoms with Crippen molar-refractivity contribution in [3.8, 4) is 5.75 Å². The Morgan fingerprint density at radius 1 is 1.27 bits per heavy atom. The monoisotopic (exact) mass is 371 g/mol. The fourth-order valence-electron chi connectivity index (χ4n) is 2.73. The molecule has 1 aromatic heterocycles. The lowest BCUT2D eigenvalue weighted by Crippen LogP contribution is -2.34. The number of nitrogens with one attached hydrogen (secondary N) is 1. The third-order valence-corrected chi connectivity index (χ3v) is 4.35. The SMILES string of the molecule is COc1cccc2ncn(CC(=O)N[C@@H](C)c3ccc(Cl)cc3)c(=O)c12. The number of amides is 1. The van der Waals surface area contributed by atoms with Gasteiger partial charge in [0, 0.05) is 5.02 Å². The molecule has 0 spiro atoms. The molecule has 0 unspecified atom stereocenters. The predicted molar refractivity (Wildman–Crippen MR) is 101 cm³/mol. The second kappa shape index (κ2) is 7.58. The number of rotatable bonds is 5. The first-order chi connectivity index (χ1) is 12.5. The summed E-state index contributed by atoms with van der Waals surface area (Å²) in [4.78, 5) is 29.3. The van der Waals surface area contributed by atoms with Crippen LogP contribution in [0.3, 0.4) is 0 Å². The fourth-order valence-corrected chi connectivity index (χ4v) is 2.86. The minimum absolute atomic E-state index is 0.127. The minimum atomic E-state index is -0.318. The number of nitrogens with zero attached hydrogens (tertiary/aromatic N) is 2. The van der Waals surface area contributed by atoms with Crippen molar-refractivity contribution in [1.29, 1.82) is 0 Å². The topological polar surface area (TPSA) is 73.2 Å². The summed E-state index contributed by atoms with van der Waals surface area (Å²) in [5.74, 6) is 0.148. The molecule has 2 aromatic carbocycles. The van der Waals surface area contributed by atoms with Crippen molar-refractivity contribution in [2.24, 2.45) is 0 Å². The van der Waals surface area contributed by atoms with Gasteiger partial charge in [-0.3, -0.25) is 14.2 Å². The molecule has 1 heterocycles. The van der Waals surface area contributed by atoms with Crippen LogP contribution in [0.5, 0.6) is 5.75 Å². The van der Waals surface area contributed by atoms with E-state index in [1.165, 1.54) is 18.0 Å². The van der Waals surface area contributed by atoms with E-state index in [0.717, 1.165) is 5.56 Å². The molecule has 1 amide bonds. The van der Waals surface area contributed by atoms with Gasteiger partial charge in [-0.15, -0.1) is 0 Å². The summed E-state index contributed by atoms with van der Waals surface area (Å²) < 4.78 is 6.51.